The van der Waals surface area contributed by atoms with E-state index in [1.54, 1.807) is 6.07 Å². The zero-order chi connectivity index (χ0) is 13.7. The van der Waals surface area contributed by atoms with Gasteiger partial charge in [-0.2, -0.15) is 0 Å². The Morgan fingerprint density at radius 2 is 1.89 bits per heavy atom. The SMILES string of the molecule is Cc1cc(Cl)ccc1NCC(=O)Nc1ccccc1. The molecule has 0 saturated heterocycles. The Balaban J connectivity index is 1.90. The van der Waals surface area contributed by atoms with Gasteiger partial charge in [-0.1, -0.05) is 29.8 Å². The smallest absolute Gasteiger partial charge is 0.243 e. The first-order chi connectivity index (χ1) is 9.15. The van der Waals surface area contributed by atoms with Crippen molar-refractivity contribution >= 4 is 28.9 Å². The Hall–Kier alpha value is -2.00. The van der Waals surface area contributed by atoms with E-state index in [0.717, 1.165) is 16.9 Å². The van der Waals surface area contributed by atoms with Gasteiger partial charge in [0.25, 0.3) is 0 Å². The highest BCUT2D eigenvalue weighted by Gasteiger charge is 2.03. The van der Waals surface area contributed by atoms with E-state index in [0.29, 0.717) is 5.02 Å². The van der Waals surface area contributed by atoms with E-state index in [1.165, 1.54) is 0 Å². The van der Waals surface area contributed by atoms with Crippen LogP contribution >= 0.6 is 11.6 Å². The molecule has 2 rings (SSSR count). The third kappa shape index (κ3) is 4.00. The molecule has 0 saturated carbocycles. The summed E-state index contributed by atoms with van der Waals surface area (Å²) in [7, 11) is 0. The molecule has 2 aromatic carbocycles. The van der Waals surface area contributed by atoms with Gasteiger partial charge < -0.3 is 10.6 Å². The van der Waals surface area contributed by atoms with E-state index in [9.17, 15) is 4.79 Å². The van der Waals surface area contributed by atoms with Crippen molar-refractivity contribution < 1.29 is 4.79 Å². The predicted octanol–water partition coefficient (Wildman–Crippen LogP) is 3.70. The second-order valence-corrected chi connectivity index (χ2v) is 4.66. The van der Waals surface area contributed by atoms with Crippen LogP contribution in [0, 0.1) is 6.92 Å². The van der Waals surface area contributed by atoms with Crippen LogP contribution in [0.3, 0.4) is 0 Å². The molecule has 0 fully saturated rings. The molecule has 0 spiro atoms. The first kappa shape index (κ1) is 13.4. The fourth-order valence-electron chi connectivity index (χ4n) is 1.73. The Kier molecular flexibility index (Phi) is 4.42. The summed E-state index contributed by atoms with van der Waals surface area (Å²) in [4.78, 5) is 11.8. The average Bonchev–Trinajstić information content (AvgIpc) is 2.39. The van der Waals surface area contributed by atoms with Crippen LogP contribution in [0.4, 0.5) is 11.4 Å². The van der Waals surface area contributed by atoms with Crippen molar-refractivity contribution in [3.8, 4) is 0 Å². The number of aryl methyl sites for hydroxylation is 1. The number of carbonyl (C=O) groups is 1. The van der Waals surface area contributed by atoms with Gasteiger partial charge in [0.15, 0.2) is 0 Å². The topological polar surface area (TPSA) is 41.1 Å². The summed E-state index contributed by atoms with van der Waals surface area (Å²) in [6.07, 6.45) is 0. The second kappa shape index (κ2) is 6.25. The summed E-state index contributed by atoms with van der Waals surface area (Å²) in [6, 6.07) is 14.9. The van der Waals surface area contributed by atoms with E-state index in [2.05, 4.69) is 10.6 Å². The standard InChI is InChI=1S/C15H15ClN2O/c1-11-9-12(16)7-8-14(11)17-10-15(19)18-13-5-3-2-4-6-13/h2-9,17H,10H2,1H3,(H,18,19). The van der Waals surface area contributed by atoms with Gasteiger partial charge in [-0.25, -0.2) is 0 Å². The van der Waals surface area contributed by atoms with Gasteiger partial charge in [0.2, 0.25) is 5.91 Å². The molecule has 0 aliphatic carbocycles. The lowest BCUT2D eigenvalue weighted by atomic mass is 10.2. The second-order valence-electron chi connectivity index (χ2n) is 4.23. The van der Waals surface area contributed by atoms with Crippen molar-refractivity contribution in [2.24, 2.45) is 0 Å². The molecule has 98 valence electrons. The molecule has 2 aromatic rings. The van der Waals surface area contributed by atoms with Gasteiger partial charge in [0, 0.05) is 16.4 Å². The zero-order valence-electron chi connectivity index (χ0n) is 10.6. The summed E-state index contributed by atoms with van der Waals surface area (Å²) < 4.78 is 0. The quantitative estimate of drug-likeness (QED) is 0.893. The largest absolute Gasteiger partial charge is 0.376 e. The maximum Gasteiger partial charge on any atom is 0.243 e. The van der Waals surface area contributed by atoms with E-state index < -0.39 is 0 Å². The molecule has 0 aliphatic rings. The zero-order valence-corrected chi connectivity index (χ0v) is 11.4. The minimum Gasteiger partial charge on any atom is -0.376 e. The lowest BCUT2D eigenvalue weighted by Crippen LogP contribution is -2.21. The Morgan fingerprint density at radius 3 is 2.58 bits per heavy atom. The fraction of sp³-hybridized carbons (Fsp3) is 0.133. The van der Waals surface area contributed by atoms with Gasteiger partial charge in [0.05, 0.1) is 6.54 Å². The molecule has 0 bridgehead atoms. The first-order valence-electron chi connectivity index (χ1n) is 6.00. The monoisotopic (exact) mass is 274 g/mol. The molecule has 0 unspecified atom stereocenters. The molecular formula is C15H15ClN2O. The number of para-hydroxylation sites is 1. The van der Waals surface area contributed by atoms with E-state index >= 15 is 0 Å². The van der Waals surface area contributed by atoms with Crippen LogP contribution in [0.5, 0.6) is 0 Å². The summed E-state index contributed by atoms with van der Waals surface area (Å²) in [5.41, 5.74) is 2.72. The molecule has 2 N–H and O–H groups in total. The number of anilines is 2. The molecule has 3 nitrogen and oxygen atoms in total. The highest BCUT2D eigenvalue weighted by Crippen LogP contribution is 2.19. The number of nitrogens with one attached hydrogen (secondary N) is 2. The molecule has 0 atom stereocenters. The fourth-order valence-corrected chi connectivity index (χ4v) is 1.95. The highest BCUT2D eigenvalue weighted by molar-refractivity contribution is 6.30. The van der Waals surface area contributed by atoms with E-state index in [-0.39, 0.29) is 12.5 Å². The normalized spacial score (nSPS) is 10.0. The molecule has 1 amide bonds. The van der Waals surface area contributed by atoms with Gasteiger partial charge >= 0.3 is 0 Å². The molecule has 0 heterocycles. The third-order valence-corrected chi connectivity index (χ3v) is 2.92. The maximum atomic E-state index is 11.8. The number of hydrogen-bond acceptors (Lipinski definition) is 2. The van der Waals surface area contributed by atoms with Crippen LogP contribution in [0.1, 0.15) is 5.56 Å². The summed E-state index contributed by atoms with van der Waals surface area (Å²) in [6.45, 7) is 2.17. The van der Waals surface area contributed by atoms with Crippen LogP contribution in [-0.4, -0.2) is 12.5 Å². The molecular weight excluding hydrogens is 260 g/mol. The van der Waals surface area contributed by atoms with Gasteiger partial charge in [-0.15, -0.1) is 0 Å². The van der Waals surface area contributed by atoms with Crippen molar-refractivity contribution in [3.05, 3.63) is 59.1 Å². The Labute approximate surface area is 117 Å². The Bertz CT molecular complexity index is 570. The number of rotatable bonds is 4. The first-order valence-corrected chi connectivity index (χ1v) is 6.38. The highest BCUT2D eigenvalue weighted by atomic mass is 35.5. The van der Waals surface area contributed by atoms with E-state index in [1.807, 2.05) is 49.4 Å². The number of halogens is 1. The van der Waals surface area contributed by atoms with Crippen molar-refractivity contribution in [1.29, 1.82) is 0 Å². The minimum atomic E-state index is -0.0828. The van der Waals surface area contributed by atoms with Crippen LogP contribution < -0.4 is 10.6 Å². The Morgan fingerprint density at radius 1 is 1.16 bits per heavy atom. The number of benzene rings is 2. The number of amides is 1. The maximum absolute atomic E-state index is 11.8. The van der Waals surface area contributed by atoms with Gasteiger partial charge in [-0.05, 0) is 42.8 Å². The van der Waals surface area contributed by atoms with Crippen LogP contribution in [0.15, 0.2) is 48.5 Å². The van der Waals surface area contributed by atoms with Crippen molar-refractivity contribution in [3.63, 3.8) is 0 Å². The molecule has 0 radical (unpaired) electrons. The van der Waals surface area contributed by atoms with Gasteiger partial charge in [0.1, 0.15) is 0 Å². The number of hydrogen-bond donors (Lipinski definition) is 2. The summed E-state index contributed by atoms with van der Waals surface area (Å²) in [5.74, 6) is -0.0828. The molecule has 0 aliphatic heterocycles. The van der Waals surface area contributed by atoms with Crippen LogP contribution in [-0.2, 0) is 4.79 Å². The van der Waals surface area contributed by atoms with Crippen LogP contribution in [0.2, 0.25) is 5.02 Å². The van der Waals surface area contributed by atoms with E-state index in [4.69, 9.17) is 11.6 Å². The number of carbonyl (C=O) groups excluding carboxylic acids is 1. The average molecular weight is 275 g/mol. The van der Waals surface area contributed by atoms with Crippen molar-refractivity contribution in [1.82, 2.24) is 0 Å². The lowest BCUT2D eigenvalue weighted by molar-refractivity contribution is -0.114. The minimum absolute atomic E-state index is 0.0828. The predicted molar refractivity (Wildman–Crippen MR) is 79.8 cm³/mol. The van der Waals surface area contributed by atoms with Crippen molar-refractivity contribution in [2.45, 2.75) is 6.92 Å². The lowest BCUT2D eigenvalue weighted by Gasteiger charge is -2.10. The molecule has 4 heteroatoms. The third-order valence-electron chi connectivity index (χ3n) is 2.69. The summed E-state index contributed by atoms with van der Waals surface area (Å²) in [5, 5.41) is 6.60. The summed E-state index contributed by atoms with van der Waals surface area (Å²) >= 11 is 5.88. The molecule has 0 aromatic heterocycles. The van der Waals surface area contributed by atoms with Gasteiger partial charge in [-0.3, -0.25) is 4.79 Å². The molecule has 19 heavy (non-hydrogen) atoms. The van der Waals surface area contributed by atoms with Crippen LogP contribution in [0.25, 0.3) is 0 Å². The van der Waals surface area contributed by atoms with Crippen molar-refractivity contribution in [2.75, 3.05) is 17.2 Å².